The summed E-state index contributed by atoms with van der Waals surface area (Å²) in [5.41, 5.74) is 3.15. The van der Waals surface area contributed by atoms with E-state index in [9.17, 15) is 14.4 Å². The number of carbonyl (C=O) groups excluding carboxylic acids is 1. The number of aromatic nitrogens is 2. The van der Waals surface area contributed by atoms with Crippen molar-refractivity contribution in [3.05, 3.63) is 65.1 Å². The van der Waals surface area contributed by atoms with Crippen LogP contribution >= 0.6 is 11.3 Å². The fraction of sp³-hybridized carbons (Fsp3) is 0.200. The summed E-state index contributed by atoms with van der Waals surface area (Å²) in [5, 5.41) is 18.7. The van der Waals surface area contributed by atoms with Gasteiger partial charge in [0.05, 0.1) is 12.0 Å². The number of ketones is 1. The maximum atomic E-state index is 12.8. The van der Waals surface area contributed by atoms with Gasteiger partial charge in [-0.3, -0.25) is 4.79 Å². The Morgan fingerprint density at radius 1 is 1.14 bits per heavy atom. The lowest BCUT2D eigenvalue weighted by Gasteiger charge is -2.19. The fourth-order valence-electron chi connectivity index (χ4n) is 3.16. The molecule has 0 fully saturated rings. The second-order valence-electron chi connectivity index (χ2n) is 6.29. The highest BCUT2D eigenvalue weighted by molar-refractivity contribution is 7.17. The van der Waals surface area contributed by atoms with E-state index in [0.29, 0.717) is 12.2 Å². The van der Waals surface area contributed by atoms with Crippen molar-refractivity contribution in [1.29, 1.82) is 0 Å². The van der Waals surface area contributed by atoms with E-state index in [1.165, 1.54) is 4.70 Å². The maximum absolute atomic E-state index is 12.8. The fourth-order valence-corrected chi connectivity index (χ4v) is 4.11. The van der Waals surface area contributed by atoms with Gasteiger partial charge in [0.2, 0.25) is 0 Å². The third-order valence-electron chi connectivity index (χ3n) is 4.47. The van der Waals surface area contributed by atoms with Crippen LogP contribution in [0.15, 0.2) is 48.1 Å². The zero-order valence-electron chi connectivity index (χ0n) is 14.8. The van der Waals surface area contributed by atoms with E-state index in [1.807, 2.05) is 23.6 Å². The Morgan fingerprint density at radius 2 is 1.86 bits per heavy atom. The number of carboxylic acids is 2. The molecule has 3 N–H and O–H groups in total. The molecule has 7 nitrogen and oxygen atoms in total. The number of aryl methyl sites for hydroxylation is 1. The minimum absolute atomic E-state index is 0.0842. The smallest absolute Gasteiger partial charge is 0.328 e. The van der Waals surface area contributed by atoms with Crippen molar-refractivity contribution in [2.45, 2.75) is 19.3 Å². The van der Waals surface area contributed by atoms with Gasteiger partial charge in [-0.1, -0.05) is 18.2 Å². The summed E-state index contributed by atoms with van der Waals surface area (Å²) in [7, 11) is 0. The van der Waals surface area contributed by atoms with Gasteiger partial charge in [0.15, 0.2) is 5.78 Å². The first-order chi connectivity index (χ1) is 13.5. The lowest BCUT2D eigenvalue weighted by Crippen LogP contribution is -2.22. The van der Waals surface area contributed by atoms with Gasteiger partial charge in [0.1, 0.15) is 0 Å². The molecular formula is C20H18N2O5S. The van der Waals surface area contributed by atoms with Crippen LogP contribution in [0.5, 0.6) is 0 Å². The lowest BCUT2D eigenvalue weighted by molar-refractivity contribution is -0.134. The number of carbonyl (C=O) groups is 3. The van der Waals surface area contributed by atoms with Crippen molar-refractivity contribution in [3.8, 4) is 0 Å². The maximum Gasteiger partial charge on any atom is 0.328 e. The molecular weight excluding hydrogens is 380 g/mol. The monoisotopic (exact) mass is 398 g/mol. The number of hydrogen-bond acceptors (Lipinski definition) is 5. The van der Waals surface area contributed by atoms with Crippen molar-refractivity contribution < 1.29 is 24.6 Å². The van der Waals surface area contributed by atoms with Gasteiger partial charge in [0, 0.05) is 44.8 Å². The number of rotatable bonds is 4. The Hall–Kier alpha value is -3.26. The molecule has 2 aromatic heterocycles. The van der Waals surface area contributed by atoms with E-state index in [-0.39, 0.29) is 11.7 Å². The minimum Gasteiger partial charge on any atom is -0.478 e. The highest BCUT2D eigenvalue weighted by atomic mass is 32.1. The number of thiophene rings is 1. The summed E-state index contributed by atoms with van der Waals surface area (Å²) < 4.78 is 1.19. The number of imidazole rings is 1. The highest BCUT2D eigenvalue weighted by Crippen LogP contribution is 2.31. The van der Waals surface area contributed by atoms with E-state index in [0.717, 1.165) is 41.6 Å². The predicted octanol–water partition coefficient (Wildman–Crippen LogP) is 3.32. The zero-order valence-corrected chi connectivity index (χ0v) is 15.6. The van der Waals surface area contributed by atoms with Crippen LogP contribution in [-0.4, -0.2) is 37.9 Å². The molecule has 1 atom stereocenters. The summed E-state index contributed by atoms with van der Waals surface area (Å²) in [6.07, 6.45) is 5.44. The summed E-state index contributed by atoms with van der Waals surface area (Å²) in [6.45, 7) is 0. The van der Waals surface area contributed by atoms with Gasteiger partial charge in [-0.25, -0.2) is 14.6 Å². The molecule has 28 heavy (non-hydrogen) atoms. The van der Waals surface area contributed by atoms with Crippen molar-refractivity contribution in [1.82, 2.24) is 9.97 Å². The molecule has 0 bridgehead atoms. The van der Waals surface area contributed by atoms with Crippen LogP contribution in [0.3, 0.4) is 0 Å². The van der Waals surface area contributed by atoms with E-state index in [2.05, 4.69) is 16.0 Å². The van der Waals surface area contributed by atoms with E-state index >= 15 is 0 Å². The first kappa shape index (κ1) is 19.5. The van der Waals surface area contributed by atoms with Gasteiger partial charge in [-0.2, -0.15) is 0 Å². The number of aliphatic carboxylic acids is 2. The number of nitrogens with zero attached hydrogens (tertiary/aromatic N) is 1. The molecule has 1 unspecified atom stereocenters. The number of aromatic amines is 1. The van der Waals surface area contributed by atoms with E-state index in [4.69, 9.17) is 10.2 Å². The summed E-state index contributed by atoms with van der Waals surface area (Å²) in [5.74, 6) is -2.15. The third-order valence-corrected chi connectivity index (χ3v) is 5.44. The number of H-pyrrole nitrogens is 1. The van der Waals surface area contributed by atoms with Gasteiger partial charge in [-0.15, -0.1) is 11.3 Å². The van der Waals surface area contributed by atoms with Crippen LogP contribution in [0, 0.1) is 5.92 Å². The Labute approximate surface area is 164 Å². The molecule has 1 aliphatic carbocycles. The molecule has 8 heteroatoms. The van der Waals surface area contributed by atoms with Crippen LogP contribution in [0.25, 0.3) is 10.1 Å². The van der Waals surface area contributed by atoms with Gasteiger partial charge in [0.25, 0.3) is 0 Å². The van der Waals surface area contributed by atoms with Crippen molar-refractivity contribution >= 4 is 39.1 Å². The van der Waals surface area contributed by atoms with Crippen LogP contribution in [0.1, 0.15) is 28.2 Å². The number of Topliss-reactive ketones (excluding diaryl/α,β-unsaturated/α-hetero) is 1. The number of carboxylic acid groups (broad SMARTS) is 2. The first-order valence-electron chi connectivity index (χ1n) is 8.61. The number of hydrogen-bond donors (Lipinski definition) is 3. The number of nitrogens with one attached hydrogen (secondary N) is 1. The molecule has 2 heterocycles. The van der Waals surface area contributed by atoms with Crippen LogP contribution in [-0.2, 0) is 22.4 Å². The van der Waals surface area contributed by atoms with Crippen molar-refractivity contribution in [2.75, 3.05) is 0 Å². The quantitative estimate of drug-likeness (QED) is 0.458. The Balaban J connectivity index is 0.000000242. The second kappa shape index (κ2) is 8.62. The average Bonchev–Trinajstić information content (AvgIpc) is 3.32. The molecule has 1 aromatic carbocycles. The standard InChI is InChI=1S/C16H14N2OS.C4H4O4/c19-16(10-5-6-13-14(7-10)18-9-17-13)12-8-20-15-4-2-1-3-11(12)15;5-3(6)1-2-4(7)8/h1-4,8-10H,5-7H2,(H,17,18);1-2H,(H,5,6)(H,7,8). The predicted molar refractivity (Wildman–Crippen MR) is 105 cm³/mol. The van der Waals surface area contributed by atoms with E-state index < -0.39 is 11.9 Å². The lowest BCUT2D eigenvalue weighted by atomic mass is 9.84. The number of fused-ring (bicyclic) bond motifs is 2. The highest BCUT2D eigenvalue weighted by Gasteiger charge is 2.28. The molecule has 4 rings (SSSR count). The summed E-state index contributed by atoms with van der Waals surface area (Å²) >= 11 is 1.65. The second-order valence-corrected chi connectivity index (χ2v) is 7.20. The Bertz CT molecular complexity index is 1030. The van der Waals surface area contributed by atoms with Gasteiger partial charge >= 0.3 is 11.9 Å². The third kappa shape index (κ3) is 4.52. The molecule has 0 spiro atoms. The Kier molecular flexibility index (Phi) is 6.00. The van der Waals surface area contributed by atoms with Crippen LogP contribution < -0.4 is 0 Å². The van der Waals surface area contributed by atoms with Crippen molar-refractivity contribution in [3.63, 3.8) is 0 Å². The first-order valence-corrected chi connectivity index (χ1v) is 9.49. The number of benzene rings is 1. The topological polar surface area (TPSA) is 120 Å². The molecule has 0 saturated heterocycles. The molecule has 0 radical (unpaired) electrons. The molecule has 0 aliphatic heterocycles. The van der Waals surface area contributed by atoms with Gasteiger partial charge in [-0.05, 0) is 25.3 Å². The van der Waals surface area contributed by atoms with Crippen LogP contribution in [0.2, 0.25) is 0 Å². The molecule has 0 amide bonds. The Morgan fingerprint density at radius 3 is 2.57 bits per heavy atom. The summed E-state index contributed by atoms with van der Waals surface area (Å²) in [6, 6.07) is 8.14. The molecule has 3 aromatic rings. The SMILES string of the molecule is O=C(O)C=CC(=O)O.O=C(c1csc2ccccc12)C1CCc2nc[nH]c2C1. The molecule has 144 valence electrons. The molecule has 0 saturated carbocycles. The largest absolute Gasteiger partial charge is 0.478 e. The molecule has 1 aliphatic rings. The van der Waals surface area contributed by atoms with Gasteiger partial charge < -0.3 is 15.2 Å². The minimum atomic E-state index is -1.26. The normalized spacial score (nSPS) is 15.6. The summed E-state index contributed by atoms with van der Waals surface area (Å²) in [4.78, 5) is 39.3. The van der Waals surface area contributed by atoms with Crippen LogP contribution in [0.4, 0.5) is 0 Å². The average molecular weight is 398 g/mol. The zero-order chi connectivity index (χ0) is 20.1. The van der Waals surface area contributed by atoms with E-state index in [1.54, 1.807) is 17.7 Å². The van der Waals surface area contributed by atoms with Crippen molar-refractivity contribution in [2.24, 2.45) is 5.92 Å².